The van der Waals surface area contributed by atoms with Crippen molar-refractivity contribution < 1.29 is 33.4 Å². The second kappa shape index (κ2) is 75.8. The summed E-state index contributed by atoms with van der Waals surface area (Å²) in [6.45, 7) is 54.6. The number of amides is 2. The summed E-state index contributed by atoms with van der Waals surface area (Å²) in [5.41, 5.74) is 6.70. The number of carbonyl (C=O) groups excluding carboxylic acids is 4. The van der Waals surface area contributed by atoms with Crippen LogP contribution < -0.4 is 30.7 Å². The van der Waals surface area contributed by atoms with Gasteiger partial charge in [-0.25, -0.2) is 0 Å². The fraction of sp³-hybridized carbons (Fsp3) is 0.358. The maximum absolute atomic E-state index is 12.2. The van der Waals surface area contributed by atoms with Crippen LogP contribution in [0.5, 0.6) is 11.5 Å². The number of ether oxygens (including phenoxy) is 3. The van der Waals surface area contributed by atoms with E-state index in [1.165, 1.54) is 11.1 Å². The molecule has 145 heavy (non-hydrogen) atoms. The number of rotatable bonds is 27. The highest BCUT2D eigenvalue weighted by molar-refractivity contribution is 5.97. The van der Waals surface area contributed by atoms with Gasteiger partial charge in [0, 0.05) is 303 Å². The smallest absolute Gasteiger partial charge is 0.251 e. The van der Waals surface area contributed by atoms with Crippen molar-refractivity contribution in [3.05, 3.63) is 130 Å². The first kappa shape index (κ1) is 127. The minimum Gasteiger partial charge on any atom is -0.492 e. The number of ketones is 2. The maximum atomic E-state index is 12.2. The third-order valence-electron chi connectivity index (χ3n) is 18.8. The molecule has 4 aromatic carbocycles. The Morgan fingerprint density at radius 1 is 0.276 bits per heavy atom. The van der Waals surface area contributed by atoms with Crippen molar-refractivity contribution in [3.8, 4) is 355 Å². The van der Waals surface area contributed by atoms with Gasteiger partial charge in [-0.15, -0.1) is 0 Å². The molecule has 724 valence electrons. The Hall–Kier alpha value is -18.1. The molecule has 0 unspecified atom stereocenters. The molecule has 0 radical (unpaired) electrons. The fourth-order valence-electron chi connectivity index (χ4n) is 9.28. The highest BCUT2D eigenvalue weighted by Gasteiger charge is 2.23. The molecule has 11 heteroatoms. The Kier molecular flexibility index (Phi) is 66.4. The molecule has 0 aliphatic heterocycles. The van der Waals surface area contributed by atoms with Gasteiger partial charge in [-0.3, -0.25) is 19.2 Å². The zero-order valence-corrected chi connectivity index (χ0v) is 89.0. The first-order chi connectivity index (χ1) is 69.0. The standard InChI is InChI=1S/C60H6.C20H34N2O3.C19H30O.C18H28O.C17H28N2O2/c1-3-5-7-9-11-13-15-17-19-21-23-25-27-29-31-33-35-37-39-41-43-45-47-49-51-53-55-57-59-60-58-56-54-52-50-48-46-44-42-40-38-36-34-32-30-28-26-24-22-20-18-16-14-12-10-8-6-4-2;1-19(2,3)11-13-24-14-12-22-18(23)16-7-9-17(10-8-16)25-15-20(4,5)21-6;1-7-19(5,6)13-12-17(20)16-10-8-15(9-11-16)14-18(2,3)4;1-7-18(5,6)13-12-16(19)14-8-10-15(11-9-14)17(2,3)4;1-16(2,3)11-19-15(20)13-7-9-14(10-8-13)21-12-17(4,5)18-6/h1-2H3;7-10,21H,11-15H2,1-6H3,(H,22,23);8-11H,7,12-14H2,1-6H3;8-11H,7,12-13H2,1-6H3;7-10,18H,11-12H2,1-6H3,(H,19,20). The van der Waals surface area contributed by atoms with Gasteiger partial charge < -0.3 is 35.5 Å². The van der Waals surface area contributed by atoms with E-state index in [4.69, 9.17) is 14.2 Å². The molecule has 2 amide bonds. The van der Waals surface area contributed by atoms with Crippen LogP contribution in [0.15, 0.2) is 97.1 Å². The molecule has 0 bridgehead atoms. The van der Waals surface area contributed by atoms with Gasteiger partial charge >= 0.3 is 0 Å². The summed E-state index contributed by atoms with van der Waals surface area (Å²) in [6, 6.07) is 30.7. The third kappa shape index (κ3) is 77.5. The fourth-order valence-corrected chi connectivity index (χ4v) is 9.28. The first-order valence-electron chi connectivity index (χ1n) is 46.5. The van der Waals surface area contributed by atoms with Crippen molar-refractivity contribution >= 4 is 23.4 Å². The van der Waals surface area contributed by atoms with E-state index in [1.807, 2.05) is 62.6 Å². The summed E-state index contributed by atoms with van der Waals surface area (Å²) in [5.74, 6) is 148. The topological polar surface area (TPSA) is 144 Å². The average Bonchev–Trinajstić information content (AvgIpc) is 0.841. The van der Waals surface area contributed by atoms with Gasteiger partial charge in [0.1, 0.15) is 24.7 Å². The van der Waals surface area contributed by atoms with Crippen LogP contribution in [-0.2, 0) is 16.6 Å². The molecule has 4 N–H and O–H groups in total. The van der Waals surface area contributed by atoms with Crippen LogP contribution in [0.4, 0.5) is 0 Å². The molecule has 0 saturated heterocycles. The van der Waals surface area contributed by atoms with Crippen molar-refractivity contribution in [1.82, 2.24) is 21.3 Å². The molecule has 0 aliphatic rings. The normalized spacial score (nSPS) is 8.84. The number of likely N-dealkylation sites (N-methyl/N-ethyl adjacent to an activating group) is 2. The minimum absolute atomic E-state index is 0.0490. The predicted octanol–water partition coefficient (Wildman–Crippen LogP) is 18.3. The van der Waals surface area contributed by atoms with Crippen molar-refractivity contribution in [2.75, 3.05) is 53.6 Å². The van der Waals surface area contributed by atoms with Crippen LogP contribution in [0.25, 0.3) is 0 Å². The second-order valence-electron chi connectivity index (χ2n) is 38.0. The minimum atomic E-state index is -0.0958. The Balaban J connectivity index is 0.00000199. The van der Waals surface area contributed by atoms with Crippen molar-refractivity contribution in [3.63, 3.8) is 0 Å². The van der Waals surface area contributed by atoms with Crippen molar-refractivity contribution in [2.45, 2.75) is 234 Å². The first-order valence-corrected chi connectivity index (χ1v) is 46.5. The summed E-state index contributed by atoms with van der Waals surface area (Å²) in [6.07, 6.45) is 7.51. The Labute approximate surface area is 872 Å². The van der Waals surface area contributed by atoms with Gasteiger partial charge in [0.25, 0.3) is 11.8 Å². The summed E-state index contributed by atoms with van der Waals surface area (Å²) in [5, 5.41) is 12.2. The van der Waals surface area contributed by atoms with E-state index >= 15 is 0 Å². The number of hydrogen-bond donors (Lipinski definition) is 4. The molecule has 11 nitrogen and oxygen atoms in total. The molecule has 0 atom stereocenters. The van der Waals surface area contributed by atoms with Gasteiger partial charge in [-0.2, -0.15) is 0 Å². The highest BCUT2D eigenvalue weighted by atomic mass is 16.5. The van der Waals surface area contributed by atoms with Crippen molar-refractivity contribution in [1.29, 1.82) is 0 Å². The lowest BCUT2D eigenvalue weighted by atomic mass is 9.83. The lowest BCUT2D eigenvalue weighted by Gasteiger charge is -2.24. The number of nitrogens with one attached hydrogen (secondary N) is 4. The molecule has 0 aromatic heterocycles. The second-order valence-corrected chi connectivity index (χ2v) is 38.0. The van der Waals surface area contributed by atoms with Gasteiger partial charge in [0.05, 0.1) is 6.61 Å². The van der Waals surface area contributed by atoms with Gasteiger partial charge in [0.15, 0.2) is 11.6 Å². The summed E-state index contributed by atoms with van der Waals surface area (Å²) < 4.78 is 17.0. The van der Waals surface area contributed by atoms with Crippen LogP contribution in [0, 0.1) is 370 Å². The van der Waals surface area contributed by atoms with Gasteiger partial charge in [-0.05, 0) is 268 Å². The molecule has 0 heterocycles. The zero-order chi connectivity index (χ0) is 108. The van der Waals surface area contributed by atoms with E-state index in [-0.39, 0.29) is 66.9 Å². The Bertz CT molecular complexity index is 6940. The molecule has 4 aromatic rings. The molecule has 0 saturated carbocycles. The van der Waals surface area contributed by atoms with Crippen LogP contribution in [-0.4, -0.2) is 88.1 Å². The van der Waals surface area contributed by atoms with Crippen LogP contribution in [0.2, 0.25) is 0 Å². The zero-order valence-electron chi connectivity index (χ0n) is 89.0. The van der Waals surface area contributed by atoms with E-state index in [9.17, 15) is 19.2 Å². The van der Waals surface area contributed by atoms with Crippen LogP contribution >= 0.6 is 0 Å². The molecular weight excluding hydrogens is 1780 g/mol. The van der Waals surface area contributed by atoms with E-state index in [0.717, 1.165) is 61.2 Å². The maximum Gasteiger partial charge on any atom is 0.251 e. The third-order valence-corrected chi connectivity index (χ3v) is 18.8. The Morgan fingerprint density at radius 3 is 0.738 bits per heavy atom. The number of carbonyl (C=O) groups is 4. The highest BCUT2D eigenvalue weighted by Crippen LogP contribution is 2.30. The SMILES string of the molecule is CC#CC#CC#CC#CC#CC#CC#CC#CC#CC#CC#CC#CC#CC#CC#CC#CC#CC#CC#CC#CC#CC#CC#CC#CC#CC#CC#CC#CC#CC.CCC(C)(C)CCC(=O)c1ccc(C(C)(C)C)cc1.CCC(C)(C)CCC(=O)c1ccc(CC(C)(C)C)cc1.CNC(C)(C)COc1ccc(C(=O)NCC(C)(C)C)cc1.CNC(C)(C)COc1ccc(C(=O)NCCOCCC(C)(C)C)cc1. The van der Waals surface area contributed by atoms with Crippen molar-refractivity contribution in [2.24, 2.45) is 27.1 Å². The number of benzene rings is 4. The predicted molar refractivity (Wildman–Crippen MR) is 596 cm³/mol. The molecule has 0 spiro atoms. The summed E-state index contributed by atoms with van der Waals surface area (Å²) in [7, 11) is 3.82. The van der Waals surface area contributed by atoms with Gasteiger partial charge in [-0.1, -0.05) is 198 Å². The van der Waals surface area contributed by atoms with E-state index in [0.29, 0.717) is 63.5 Å². The van der Waals surface area contributed by atoms with Gasteiger partial charge in [0.2, 0.25) is 0 Å². The molecular formula is C134H126N4O7. The lowest BCUT2D eigenvalue weighted by Crippen LogP contribution is -2.42. The van der Waals surface area contributed by atoms with E-state index < -0.39 is 0 Å². The molecule has 4 rings (SSSR count). The molecule has 0 aliphatic carbocycles. The van der Waals surface area contributed by atoms with E-state index in [1.54, 1.807) is 38.1 Å². The van der Waals surface area contributed by atoms with Crippen LogP contribution in [0.1, 0.15) is 264 Å². The monoisotopic (exact) mass is 1900 g/mol. The largest absolute Gasteiger partial charge is 0.492 e. The summed E-state index contributed by atoms with van der Waals surface area (Å²) >= 11 is 0. The Morgan fingerprint density at radius 2 is 0.517 bits per heavy atom. The van der Waals surface area contributed by atoms with Crippen LogP contribution in [0.3, 0.4) is 0 Å². The van der Waals surface area contributed by atoms with E-state index in [2.05, 4.69) is 541 Å². The molecule has 0 fully saturated rings. The average molecular weight is 1900 g/mol. The quantitative estimate of drug-likeness (QED) is 0.0261. The number of Topliss-reactive ketones (excluding diaryl/α,β-unsaturated/α-hetero) is 2. The summed E-state index contributed by atoms with van der Waals surface area (Å²) in [4.78, 5) is 48.5. The lowest BCUT2D eigenvalue weighted by molar-refractivity contribution is 0.0882. The number of hydrogen-bond acceptors (Lipinski definition) is 9.